The third-order valence-electron chi connectivity index (χ3n) is 3.89. The smallest absolute Gasteiger partial charge is 0.274 e. The second kappa shape index (κ2) is 7.67. The Morgan fingerprint density at radius 2 is 2.11 bits per heavy atom. The van der Waals surface area contributed by atoms with Gasteiger partial charge in [-0.05, 0) is 30.3 Å². The summed E-state index contributed by atoms with van der Waals surface area (Å²) in [5.74, 6) is -0.870. The Balaban J connectivity index is 1.91. The maximum Gasteiger partial charge on any atom is 0.274 e. The number of hydrogen-bond acceptors (Lipinski definition) is 6. The summed E-state index contributed by atoms with van der Waals surface area (Å²) >= 11 is 0. The molecule has 1 aromatic carbocycles. The van der Waals surface area contributed by atoms with Crippen molar-refractivity contribution in [3.8, 4) is 6.07 Å². The van der Waals surface area contributed by atoms with Crippen LogP contribution in [0.15, 0.2) is 53.5 Å². The Morgan fingerprint density at radius 1 is 1.32 bits per heavy atom. The van der Waals surface area contributed by atoms with E-state index in [4.69, 9.17) is 20.8 Å². The monoisotopic (exact) mass is 381 g/mol. The first-order chi connectivity index (χ1) is 13.4. The van der Waals surface area contributed by atoms with Gasteiger partial charge in [-0.3, -0.25) is 10.2 Å². The van der Waals surface area contributed by atoms with E-state index in [1.54, 1.807) is 12.1 Å². The highest BCUT2D eigenvalue weighted by atomic mass is 19.3. The van der Waals surface area contributed by atoms with E-state index in [9.17, 15) is 13.6 Å². The third kappa shape index (κ3) is 3.71. The number of pyridine rings is 1. The summed E-state index contributed by atoms with van der Waals surface area (Å²) < 4.78 is 31.4. The van der Waals surface area contributed by atoms with Crippen LogP contribution in [0.2, 0.25) is 0 Å². The van der Waals surface area contributed by atoms with Crippen molar-refractivity contribution in [2.45, 2.75) is 6.43 Å². The Hall–Kier alpha value is -4.06. The van der Waals surface area contributed by atoms with Crippen LogP contribution in [-0.4, -0.2) is 16.6 Å². The number of nitrogens with two attached hydrogens (primary N) is 1. The quantitative estimate of drug-likeness (QED) is 0.458. The number of nitrogens with one attached hydrogen (secondary N) is 2. The van der Waals surface area contributed by atoms with Crippen LogP contribution in [-0.2, 0) is 0 Å². The van der Waals surface area contributed by atoms with Crippen LogP contribution in [0.1, 0.15) is 39.2 Å². The average molecular weight is 381 g/mol. The first-order valence-corrected chi connectivity index (χ1v) is 7.91. The highest BCUT2D eigenvalue weighted by Gasteiger charge is 2.21. The van der Waals surface area contributed by atoms with Crippen LogP contribution in [0.4, 0.5) is 20.2 Å². The standard InChI is InChI=1S/C19H13F2N5O2/c20-18(21)14-5-10(7-22)8-25-17(14)19(27)26-12-1-2-15(23)13(6-12)16(24)11-3-4-28-9-11/h1-6,8-9,18,24H,23H2,(H,26,27). The van der Waals surface area contributed by atoms with Gasteiger partial charge in [-0.2, -0.15) is 5.26 Å². The van der Waals surface area contributed by atoms with Gasteiger partial charge < -0.3 is 15.5 Å². The molecule has 3 rings (SSSR count). The molecule has 2 heterocycles. The molecule has 0 saturated heterocycles. The zero-order valence-electron chi connectivity index (χ0n) is 14.2. The molecule has 3 aromatic rings. The van der Waals surface area contributed by atoms with E-state index in [2.05, 4.69) is 10.3 Å². The molecule has 9 heteroatoms. The van der Waals surface area contributed by atoms with Crippen LogP contribution >= 0.6 is 0 Å². The minimum atomic E-state index is -2.97. The second-order valence-electron chi connectivity index (χ2n) is 5.72. The van der Waals surface area contributed by atoms with E-state index >= 15 is 0 Å². The van der Waals surface area contributed by atoms with Crippen molar-refractivity contribution in [2.24, 2.45) is 0 Å². The minimum absolute atomic E-state index is 0.0739. The number of halogens is 2. The van der Waals surface area contributed by atoms with Crippen molar-refractivity contribution in [3.63, 3.8) is 0 Å². The fourth-order valence-corrected chi connectivity index (χ4v) is 2.50. The summed E-state index contributed by atoms with van der Waals surface area (Å²) in [5, 5.41) is 19.5. The lowest BCUT2D eigenvalue weighted by atomic mass is 10.0. The van der Waals surface area contributed by atoms with Crippen LogP contribution in [0.3, 0.4) is 0 Å². The number of carbonyl (C=O) groups is 1. The molecule has 0 aliphatic rings. The lowest BCUT2D eigenvalue weighted by molar-refractivity contribution is 0.100. The number of anilines is 2. The van der Waals surface area contributed by atoms with Crippen molar-refractivity contribution in [1.82, 2.24) is 4.98 Å². The Morgan fingerprint density at radius 3 is 2.75 bits per heavy atom. The molecular formula is C19H13F2N5O2. The molecule has 2 aromatic heterocycles. The topological polar surface area (TPSA) is 129 Å². The van der Waals surface area contributed by atoms with E-state index < -0.39 is 23.6 Å². The highest BCUT2D eigenvalue weighted by Crippen LogP contribution is 2.25. The van der Waals surface area contributed by atoms with E-state index in [0.29, 0.717) is 16.8 Å². The lowest BCUT2D eigenvalue weighted by Crippen LogP contribution is -2.17. The largest absolute Gasteiger partial charge is 0.472 e. The average Bonchev–Trinajstić information content (AvgIpc) is 3.23. The number of furan rings is 1. The number of nitrogens with zero attached hydrogens (tertiary/aromatic N) is 2. The van der Waals surface area contributed by atoms with Crippen LogP contribution in [0, 0.1) is 16.7 Å². The molecule has 0 spiro atoms. The number of nitrogen functional groups attached to an aromatic ring is 1. The minimum Gasteiger partial charge on any atom is -0.472 e. The lowest BCUT2D eigenvalue weighted by Gasteiger charge is -2.12. The Kier molecular flexibility index (Phi) is 5.13. The van der Waals surface area contributed by atoms with Gasteiger partial charge in [-0.15, -0.1) is 0 Å². The first-order valence-electron chi connectivity index (χ1n) is 7.91. The van der Waals surface area contributed by atoms with Gasteiger partial charge in [0.25, 0.3) is 12.3 Å². The second-order valence-corrected chi connectivity index (χ2v) is 5.72. The maximum absolute atomic E-state index is 13.2. The first kappa shape index (κ1) is 18.7. The predicted molar refractivity (Wildman–Crippen MR) is 97.4 cm³/mol. The van der Waals surface area contributed by atoms with Gasteiger partial charge in [0.2, 0.25) is 0 Å². The van der Waals surface area contributed by atoms with Crippen molar-refractivity contribution >= 4 is 23.0 Å². The molecule has 1 amide bonds. The summed E-state index contributed by atoms with van der Waals surface area (Å²) in [4.78, 5) is 16.1. The van der Waals surface area contributed by atoms with Gasteiger partial charge in [-0.1, -0.05) is 0 Å². The Bertz CT molecular complexity index is 1090. The van der Waals surface area contributed by atoms with Crippen molar-refractivity contribution in [2.75, 3.05) is 11.1 Å². The Labute approximate surface area is 157 Å². The summed E-state index contributed by atoms with van der Waals surface area (Å²) in [5.41, 5.74) is 6.15. The van der Waals surface area contributed by atoms with Gasteiger partial charge in [0.1, 0.15) is 11.8 Å². The number of amides is 1. The maximum atomic E-state index is 13.2. The molecular weight excluding hydrogens is 368 g/mol. The molecule has 0 atom stereocenters. The third-order valence-corrected chi connectivity index (χ3v) is 3.89. The number of rotatable bonds is 5. The van der Waals surface area contributed by atoms with E-state index in [1.165, 1.54) is 30.7 Å². The molecule has 0 saturated carbocycles. The van der Waals surface area contributed by atoms with Crippen molar-refractivity contribution < 1.29 is 18.0 Å². The fraction of sp³-hybridized carbons (Fsp3) is 0.0526. The highest BCUT2D eigenvalue weighted by molar-refractivity contribution is 6.14. The fourth-order valence-electron chi connectivity index (χ4n) is 2.50. The van der Waals surface area contributed by atoms with Crippen molar-refractivity contribution in [1.29, 1.82) is 10.7 Å². The predicted octanol–water partition coefficient (Wildman–Crippen LogP) is 3.73. The molecule has 0 aliphatic heterocycles. The molecule has 4 N–H and O–H groups in total. The van der Waals surface area contributed by atoms with Gasteiger partial charge in [0.15, 0.2) is 0 Å². The molecule has 0 aliphatic carbocycles. The normalized spacial score (nSPS) is 10.5. The number of carbonyl (C=O) groups excluding carboxylic acids is 1. The zero-order valence-corrected chi connectivity index (χ0v) is 14.2. The molecule has 0 bridgehead atoms. The molecule has 0 unspecified atom stereocenters. The summed E-state index contributed by atoms with van der Waals surface area (Å²) in [7, 11) is 0. The van der Waals surface area contributed by atoms with E-state index in [0.717, 1.165) is 12.3 Å². The van der Waals surface area contributed by atoms with Crippen LogP contribution < -0.4 is 11.1 Å². The molecule has 140 valence electrons. The van der Waals surface area contributed by atoms with Gasteiger partial charge in [0.05, 0.1) is 29.4 Å². The number of alkyl halides is 2. The van der Waals surface area contributed by atoms with E-state index in [-0.39, 0.29) is 17.0 Å². The summed E-state index contributed by atoms with van der Waals surface area (Å²) in [6.07, 6.45) is 0.860. The van der Waals surface area contributed by atoms with Gasteiger partial charge in [0, 0.05) is 28.7 Å². The van der Waals surface area contributed by atoms with Crippen LogP contribution in [0.25, 0.3) is 0 Å². The molecule has 0 radical (unpaired) electrons. The van der Waals surface area contributed by atoms with Gasteiger partial charge in [-0.25, -0.2) is 13.8 Å². The number of hydrogen-bond donors (Lipinski definition) is 3. The summed E-state index contributed by atoms with van der Waals surface area (Å²) in [6, 6.07) is 8.63. The van der Waals surface area contributed by atoms with E-state index in [1.807, 2.05) is 0 Å². The molecule has 28 heavy (non-hydrogen) atoms. The number of aromatic nitrogens is 1. The van der Waals surface area contributed by atoms with Gasteiger partial charge >= 0.3 is 0 Å². The van der Waals surface area contributed by atoms with Crippen molar-refractivity contribution in [3.05, 3.63) is 77.0 Å². The zero-order chi connectivity index (χ0) is 20.3. The summed E-state index contributed by atoms with van der Waals surface area (Å²) in [6.45, 7) is 0. The van der Waals surface area contributed by atoms with Crippen LogP contribution in [0.5, 0.6) is 0 Å². The molecule has 7 nitrogen and oxygen atoms in total. The SMILES string of the molecule is N#Cc1cnc(C(=O)Nc2ccc(N)c(C(=N)c3ccoc3)c2)c(C(F)F)c1. The molecule has 0 fully saturated rings. The number of nitriles is 1. The number of benzene rings is 1.